The molecule has 1 aromatic heterocycles. The van der Waals surface area contributed by atoms with Crippen LogP contribution in [0, 0.1) is 5.82 Å². The van der Waals surface area contributed by atoms with E-state index in [0.29, 0.717) is 18.8 Å². The summed E-state index contributed by atoms with van der Waals surface area (Å²) in [5, 5.41) is 3.38. The molecule has 0 saturated heterocycles. The van der Waals surface area contributed by atoms with Crippen LogP contribution >= 0.6 is 11.6 Å². The van der Waals surface area contributed by atoms with Gasteiger partial charge in [0.1, 0.15) is 5.75 Å². The number of hydrogen-bond acceptors (Lipinski definition) is 4. The Bertz CT molecular complexity index is 608. The Hall–Kier alpha value is -1.69. The van der Waals surface area contributed by atoms with Crippen molar-refractivity contribution >= 4 is 11.6 Å². The summed E-state index contributed by atoms with van der Waals surface area (Å²) >= 11 is 5.81. The number of nitrogens with zero attached hydrogens (tertiary/aromatic N) is 1. The maximum Gasteiger partial charge on any atom is 0.160 e. The zero-order valence-electron chi connectivity index (χ0n) is 12.5. The van der Waals surface area contributed by atoms with Crippen molar-refractivity contribution in [3.63, 3.8) is 0 Å². The highest BCUT2D eigenvalue weighted by Crippen LogP contribution is 2.19. The molecule has 0 unspecified atom stereocenters. The molecule has 1 N–H and O–H groups in total. The molecule has 118 valence electrons. The fraction of sp³-hybridized carbons (Fsp3) is 0.312. The number of ether oxygens (including phenoxy) is 2. The third-order valence-corrected chi connectivity index (χ3v) is 3.52. The Balaban J connectivity index is 2.05. The molecule has 6 heteroatoms. The lowest BCUT2D eigenvalue weighted by Gasteiger charge is -2.18. The van der Waals surface area contributed by atoms with Gasteiger partial charge < -0.3 is 14.8 Å². The zero-order chi connectivity index (χ0) is 15.9. The SMILES string of the molecule is COC[C@H](NCc1ccc(OC)cc1)c1cc(Cl)c(F)cn1. The Morgan fingerprint density at radius 2 is 2.00 bits per heavy atom. The summed E-state index contributed by atoms with van der Waals surface area (Å²) in [4.78, 5) is 4.08. The minimum Gasteiger partial charge on any atom is -0.497 e. The normalized spacial score (nSPS) is 12.2. The van der Waals surface area contributed by atoms with Crippen LogP contribution in [0.1, 0.15) is 17.3 Å². The number of methoxy groups -OCH3 is 2. The number of halogens is 2. The topological polar surface area (TPSA) is 43.4 Å². The van der Waals surface area contributed by atoms with Gasteiger partial charge in [-0.05, 0) is 23.8 Å². The van der Waals surface area contributed by atoms with E-state index in [1.54, 1.807) is 14.2 Å². The highest BCUT2D eigenvalue weighted by atomic mass is 35.5. The molecule has 0 fully saturated rings. The van der Waals surface area contributed by atoms with E-state index < -0.39 is 5.82 Å². The van der Waals surface area contributed by atoms with Crippen molar-refractivity contribution in [2.24, 2.45) is 0 Å². The Labute approximate surface area is 134 Å². The van der Waals surface area contributed by atoms with E-state index in [4.69, 9.17) is 21.1 Å². The van der Waals surface area contributed by atoms with Gasteiger partial charge in [-0.15, -0.1) is 0 Å². The average Bonchev–Trinajstić information content (AvgIpc) is 2.54. The predicted molar refractivity (Wildman–Crippen MR) is 83.7 cm³/mol. The molecule has 1 atom stereocenters. The second kappa shape index (κ2) is 8.08. The van der Waals surface area contributed by atoms with Crippen LogP contribution in [0.2, 0.25) is 5.02 Å². The number of rotatable bonds is 7. The van der Waals surface area contributed by atoms with E-state index >= 15 is 0 Å². The molecule has 0 bridgehead atoms. The van der Waals surface area contributed by atoms with Gasteiger partial charge >= 0.3 is 0 Å². The fourth-order valence-electron chi connectivity index (χ4n) is 2.02. The van der Waals surface area contributed by atoms with E-state index in [2.05, 4.69) is 10.3 Å². The Morgan fingerprint density at radius 3 is 2.59 bits per heavy atom. The van der Waals surface area contributed by atoms with Gasteiger partial charge in [-0.3, -0.25) is 4.98 Å². The van der Waals surface area contributed by atoms with Gasteiger partial charge in [0, 0.05) is 13.7 Å². The standard InChI is InChI=1S/C16H18ClFN2O2/c1-21-10-16(15-7-13(17)14(18)9-20-15)19-8-11-3-5-12(22-2)6-4-11/h3-7,9,16,19H,8,10H2,1-2H3/t16-/m0/s1. The lowest BCUT2D eigenvalue weighted by Crippen LogP contribution is -2.25. The van der Waals surface area contributed by atoms with Crippen LogP contribution in [0.25, 0.3) is 0 Å². The molecule has 0 radical (unpaired) electrons. The second-order valence-electron chi connectivity index (χ2n) is 4.76. The first kappa shape index (κ1) is 16.7. The second-order valence-corrected chi connectivity index (χ2v) is 5.17. The molecule has 22 heavy (non-hydrogen) atoms. The first-order valence-corrected chi connectivity index (χ1v) is 7.18. The van der Waals surface area contributed by atoms with Gasteiger partial charge in [-0.25, -0.2) is 4.39 Å². The monoisotopic (exact) mass is 324 g/mol. The van der Waals surface area contributed by atoms with Crippen molar-refractivity contribution in [3.05, 3.63) is 58.6 Å². The molecule has 0 aliphatic rings. The number of pyridine rings is 1. The molecule has 0 aliphatic carbocycles. The molecule has 2 aromatic rings. The predicted octanol–water partition coefficient (Wildman–Crippen LogP) is 3.36. The van der Waals surface area contributed by atoms with Gasteiger partial charge in [-0.1, -0.05) is 23.7 Å². The summed E-state index contributed by atoms with van der Waals surface area (Å²) in [7, 11) is 3.24. The summed E-state index contributed by atoms with van der Waals surface area (Å²) in [6.45, 7) is 1.03. The molecule has 0 amide bonds. The first-order chi connectivity index (χ1) is 10.6. The highest BCUT2D eigenvalue weighted by Gasteiger charge is 2.14. The van der Waals surface area contributed by atoms with Crippen LogP contribution in [-0.4, -0.2) is 25.8 Å². The number of aromatic nitrogens is 1. The van der Waals surface area contributed by atoms with E-state index in [1.165, 1.54) is 6.07 Å². The summed E-state index contributed by atoms with van der Waals surface area (Å²) in [5.74, 6) is 0.279. The van der Waals surface area contributed by atoms with Crippen LogP contribution in [0.5, 0.6) is 5.75 Å². The minimum absolute atomic E-state index is 0.0531. The number of nitrogens with one attached hydrogen (secondary N) is 1. The van der Waals surface area contributed by atoms with E-state index in [1.807, 2.05) is 24.3 Å². The molecular weight excluding hydrogens is 307 g/mol. The molecule has 2 rings (SSSR count). The molecule has 1 aromatic carbocycles. The van der Waals surface area contributed by atoms with Gasteiger partial charge in [0.25, 0.3) is 0 Å². The Kier molecular flexibility index (Phi) is 6.12. The van der Waals surface area contributed by atoms with Crippen LogP contribution in [0.3, 0.4) is 0 Å². The van der Waals surface area contributed by atoms with Gasteiger partial charge in [-0.2, -0.15) is 0 Å². The number of hydrogen-bond donors (Lipinski definition) is 1. The van der Waals surface area contributed by atoms with Gasteiger partial charge in [0.2, 0.25) is 0 Å². The Morgan fingerprint density at radius 1 is 1.27 bits per heavy atom. The van der Waals surface area contributed by atoms with Crippen LogP contribution < -0.4 is 10.1 Å². The van der Waals surface area contributed by atoms with Crippen molar-refractivity contribution < 1.29 is 13.9 Å². The maximum absolute atomic E-state index is 13.2. The maximum atomic E-state index is 13.2. The van der Waals surface area contributed by atoms with E-state index in [9.17, 15) is 4.39 Å². The molecule has 1 heterocycles. The van der Waals surface area contributed by atoms with Crippen LogP contribution in [-0.2, 0) is 11.3 Å². The highest BCUT2D eigenvalue weighted by molar-refractivity contribution is 6.30. The van der Waals surface area contributed by atoms with Gasteiger partial charge in [0.15, 0.2) is 5.82 Å². The third-order valence-electron chi connectivity index (χ3n) is 3.23. The van der Waals surface area contributed by atoms with E-state index in [-0.39, 0.29) is 11.1 Å². The molecular formula is C16H18ClFN2O2. The summed E-state index contributed by atoms with van der Waals surface area (Å²) in [6.07, 6.45) is 1.12. The minimum atomic E-state index is -0.531. The zero-order valence-corrected chi connectivity index (χ0v) is 13.2. The van der Waals surface area contributed by atoms with Crippen molar-refractivity contribution in [2.75, 3.05) is 20.8 Å². The van der Waals surface area contributed by atoms with Crippen LogP contribution in [0.4, 0.5) is 4.39 Å². The summed E-state index contributed by atoms with van der Waals surface area (Å²) in [6, 6.07) is 9.08. The summed E-state index contributed by atoms with van der Waals surface area (Å²) in [5.41, 5.74) is 1.73. The molecule has 4 nitrogen and oxygen atoms in total. The fourth-order valence-corrected chi connectivity index (χ4v) is 2.18. The lowest BCUT2D eigenvalue weighted by atomic mass is 10.1. The largest absolute Gasteiger partial charge is 0.497 e. The quantitative estimate of drug-likeness (QED) is 0.848. The van der Waals surface area contributed by atoms with Crippen molar-refractivity contribution in [2.45, 2.75) is 12.6 Å². The van der Waals surface area contributed by atoms with Crippen molar-refractivity contribution in [3.8, 4) is 5.75 Å². The molecule has 0 aliphatic heterocycles. The third kappa shape index (κ3) is 4.40. The first-order valence-electron chi connectivity index (χ1n) is 6.80. The van der Waals surface area contributed by atoms with Crippen molar-refractivity contribution in [1.29, 1.82) is 0 Å². The van der Waals surface area contributed by atoms with Gasteiger partial charge in [0.05, 0.1) is 36.7 Å². The van der Waals surface area contributed by atoms with Crippen molar-refractivity contribution in [1.82, 2.24) is 10.3 Å². The van der Waals surface area contributed by atoms with Crippen LogP contribution in [0.15, 0.2) is 36.5 Å². The van der Waals surface area contributed by atoms with E-state index in [0.717, 1.165) is 17.5 Å². The molecule has 0 saturated carbocycles. The number of benzene rings is 1. The average molecular weight is 325 g/mol. The molecule has 0 spiro atoms. The smallest absolute Gasteiger partial charge is 0.160 e. The summed E-state index contributed by atoms with van der Waals surface area (Å²) < 4.78 is 23.5. The lowest BCUT2D eigenvalue weighted by molar-refractivity contribution is 0.164.